The maximum Gasteiger partial charge on any atom is 0.244 e. The molecule has 11 heteroatoms. The summed E-state index contributed by atoms with van der Waals surface area (Å²) >= 11 is 1.45. The molecule has 3 saturated heterocycles. The highest BCUT2D eigenvalue weighted by atomic mass is 32.2. The van der Waals surface area contributed by atoms with Gasteiger partial charge in [-0.2, -0.15) is 4.31 Å². The SMILES string of the molecule is Cc1csc(-c2cc(S(=O)(=O)N3CCC4(CC3)OCCO4)cn2CC(=O)N2CCCCC2)n1. The lowest BCUT2D eigenvalue weighted by atomic mass is 10.1. The summed E-state index contributed by atoms with van der Waals surface area (Å²) in [7, 11) is -3.72. The zero-order valence-electron chi connectivity index (χ0n) is 18.9. The largest absolute Gasteiger partial charge is 0.347 e. The molecule has 3 aliphatic heterocycles. The molecule has 0 unspecified atom stereocenters. The van der Waals surface area contributed by atoms with E-state index >= 15 is 0 Å². The summed E-state index contributed by atoms with van der Waals surface area (Å²) in [5, 5.41) is 2.64. The first kappa shape index (κ1) is 23.0. The van der Waals surface area contributed by atoms with Crippen molar-refractivity contribution in [1.29, 1.82) is 0 Å². The molecule has 0 bridgehead atoms. The number of hydrogen-bond donors (Lipinski definition) is 0. The summed E-state index contributed by atoms with van der Waals surface area (Å²) in [6.45, 7) is 5.31. The average molecular weight is 495 g/mol. The van der Waals surface area contributed by atoms with Crippen LogP contribution in [0.2, 0.25) is 0 Å². The fourth-order valence-corrected chi connectivity index (χ4v) is 7.11. The van der Waals surface area contributed by atoms with Crippen LogP contribution in [0, 0.1) is 6.92 Å². The molecule has 0 N–H and O–H groups in total. The van der Waals surface area contributed by atoms with E-state index in [9.17, 15) is 13.2 Å². The van der Waals surface area contributed by atoms with E-state index in [0.717, 1.165) is 38.0 Å². The van der Waals surface area contributed by atoms with Gasteiger partial charge in [-0.05, 0) is 32.3 Å². The molecule has 3 aliphatic rings. The molecule has 180 valence electrons. The first-order chi connectivity index (χ1) is 15.9. The van der Waals surface area contributed by atoms with Gasteiger partial charge in [-0.25, -0.2) is 13.4 Å². The highest BCUT2D eigenvalue weighted by Crippen LogP contribution is 2.35. The Labute approximate surface area is 198 Å². The molecule has 2 aromatic heterocycles. The van der Waals surface area contributed by atoms with Gasteiger partial charge in [-0.3, -0.25) is 4.79 Å². The molecule has 0 atom stereocenters. The molecule has 3 fully saturated rings. The zero-order chi connectivity index (χ0) is 23.1. The van der Waals surface area contributed by atoms with Crippen molar-refractivity contribution in [2.24, 2.45) is 0 Å². The van der Waals surface area contributed by atoms with Gasteiger partial charge in [0.25, 0.3) is 0 Å². The van der Waals surface area contributed by atoms with Crippen LogP contribution in [0.4, 0.5) is 0 Å². The second-order valence-electron chi connectivity index (χ2n) is 8.94. The molecule has 0 aromatic carbocycles. The number of hydrogen-bond acceptors (Lipinski definition) is 7. The number of aryl methyl sites for hydroxylation is 1. The second-order valence-corrected chi connectivity index (χ2v) is 11.7. The summed E-state index contributed by atoms with van der Waals surface area (Å²) in [6, 6.07) is 1.66. The van der Waals surface area contributed by atoms with E-state index < -0.39 is 15.8 Å². The Morgan fingerprint density at radius 2 is 1.82 bits per heavy atom. The maximum absolute atomic E-state index is 13.5. The van der Waals surface area contributed by atoms with Gasteiger partial charge in [0.1, 0.15) is 16.4 Å². The quantitative estimate of drug-likeness (QED) is 0.634. The van der Waals surface area contributed by atoms with Crippen LogP contribution < -0.4 is 0 Å². The Bertz CT molecular complexity index is 1100. The van der Waals surface area contributed by atoms with Crippen molar-refractivity contribution in [3.05, 3.63) is 23.3 Å². The zero-order valence-corrected chi connectivity index (χ0v) is 20.5. The predicted octanol–water partition coefficient (Wildman–Crippen LogP) is 2.46. The fourth-order valence-electron chi connectivity index (χ4n) is 4.80. The van der Waals surface area contributed by atoms with E-state index in [1.54, 1.807) is 16.8 Å². The van der Waals surface area contributed by atoms with E-state index in [2.05, 4.69) is 4.98 Å². The topological polar surface area (TPSA) is 94.0 Å². The van der Waals surface area contributed by atoms with Gasteiger partial charge in [0.15, 0.2) is 5.79 Å². The number of piperidine rings is 2. The number of ether oxygens (including phenoxy) is 2. The van der Waals surface area contributed by atoms with Crippen molar-refractivity contribution >= 4 is 27.3 Å². The average Bonchev–Trinajstić information content (AvgIpc) is 3.55. The molecule has 1 spiro atoms. The van der Waals surface area contributed by atoms with E-state index in [0.29, 0.717) is 49.8 Å². The first-order valence-corrected chi connectivity index (χ1v) is 13.9. The summed E-state index contributed by atoms with van der Waals surface area (Å²) in [4.78, 5) is 19.6. The highest BCUT2D eigenvalue weighted by Gasteiger charge is 2.43. The number of aromatic nitrogens is 2. The number of sulfonamides is 1. The Balaban J connectivity index is 1.40. The lowest BCUT2D eigenvalue weighted by molar-refractivity contribution is -0.179. The smallest absolute Gasteiger partial charge is 0.244 e. The van der Waals surface area contributed by atoms with Crippen molar-refractivity contribution in [3.8, 4) is 10.7 Å². The van der Waals surface area contributed by atoms with Crippen LogP contribution in [-0.4, -0.2) is 78.3 Å². The van der Waals surface area contributed by atoms with Crippen LogP contribution in [0.5, 0.6) is 0 Å². The third-order valence-electron chi connectivity index (χ3n) is 6.66. The molecule has 0 radical (unpaired) electrons. The second kappa shape index (κ2) is 9.10. The molecule has 5 rings (SSSR count). The van der Waals surface area contributed by atoms with E-state index in [1.165, 1.54) is 15.6 Å². The van der Waals surface area contributed by atoms with Crippen LogP contribution in [-0.2, 0) is 30.8 Å². The van der Waals surface area contributed by atoms with Crippen LogP contribution in [0.3, 0.4) is 0 Å². The normalized spacial score (nSPS) is 21.7. The Hall–Kier alpha value is -1.79. The minimum atomic E-state index is -3.72. The number of nitrogens with zero attached hydrogens (tertiary/aromatic N) is 4. The molecular formula is C22H30N4O5S2. The number of likely N-dealkylation sites (tertiary alicyclic amines) is 1. The number of amides is 1. The van der Waals surface area contributed by atoms with Gasteiger partial charge in [0.2, 0.25) is 15.9 Å². The Kier molecular flexibility index (Phi) is 6.34. The van der Waals surface area contributed by atoms with Crippen molar-refractivity contribution in [1.82, 2.24) is 18.8 Å². The van der Waals surface area contributed by atoms with Crippen molar-refractivity contribution in [2.45, 2.75) is 56.3 Å². The maximum atomic E-state index is 13.5. The molecule has 0 aliphatic carbocycles. The van der Waals surface area contributed by atoms with Crippen LogP contribution in [0.25, 0.3) is 10.7 Å². The monoisotopic (exact) mass is 494 g/mol. The molecule has 9 nitrogen and oxygen atoms in total. The Morgan fingerprint density at radius 1 is 1.12 bits per heavy atom. The third-order valence-corrected chi connectivity index (χ3v) is 9.51. The first-order valence-electron chi connectivity index (χ1n) is 11.5. The van der Waals surface area contributed by atoms with Gasteiger partial charge in [-0.1, -0.05) is 0 Å². The van der Waals surface area contributed by atoms with Crippen LogP contribution in [0.15, 0.2) is 22.5 Å². The van der Waals surface area contributed by atoms with Crippen molar-refractivity contribution < 1.29 is 22.7 Å². The van der Waals surface area contributed by atoms with E-state index in [1.807, 2.05) is 17.2 Å². The fraction of sp³-hybridized carbons (Fsp3) is 0.636. The summed E-state index contributed by atoms with van der Waals surface area (Å²) in [6.07, 6.45) is 5.79. The van der Waals surface area contributed by atoms with Gasteiger partial charge in [0, 0.05) is 56.3 Å². The minimum absolute atomic E-state index is 0.0132. The predicted molar refractivity (Wildman–Crippen MR) is 123 cm³/mol. The summed E-state index contributed by atoms with van der Waals surface area (Å²) in [5.41, 5.74) is 1.53. The molecular weight excluding hydrogens is 464 g/mol. The number of carbonyl (C=O) groups excluding carboxylic acids is 1. The molecule has 0 saturated carbocycles. The molecule has 5 heterocycles. The van der Waals surface area contributed by atoms with Crippen molar-refractivity contribution in [2.75, 3.05) is 39.4 Å². The number of thiazole rings is 1. The van der Waals surface area contributed by atoms with Crippen LogP contribution >= 0.6 is 11.3 Å². The number of carbonyl (C=O) groups is 1. The Morgan fingerprint density at radius 3 is 2.45 bits per heavy atom. The van der Waals surface area contributed by atoms with Gasteiger partial charge < -0.3 is 18.9 Å². The highest BCUT2D eigenvalue weighted by molar-refractivity contribution is 7.89. The molecule has 2 aromatic rings. The van der Waals surface area contributed by atoms with Gasteiger partial charge in [-0.15, -0.1) is 11.3 Å². The molecule has 33 heavy (non-hydrogen) atoms. The van der Waals surface area contributed by atoms with Crippen LogP contribution in [0.1, 0.15) is 37.8 Å². The van der Waals surface area contributed by atoms with Gasteiger partial charge in [0.05, 0.1) is 18.9 Å². The summed E-state index contributed by atoms with van der Waals surface area (Å²) < 4.78 is 41.7. The summed E-state index contributed by atoms with van der Waals surface area (Å²) in [5.74, 6) is -0.623. The van der Waals surface area contributed by atoms with Crippen molar-refractivity contribution in [3.63, 3.8) is 0 Å². The standard InChI is InChI=1S/C22H30N4O5S2/c1-17-16-32-21(23-17)19-13-18(14-25(19)15-20(27)24-7-3-2-4-8-24)33(28,29)26-9-5-22(6-10-26)30-11-12-31-22/h13-14,16H,2-12,15H2,1H3. The molecule has 1 amide bonds. The third kappa shape index (κ3) is 4.61. The lowest BCUT2D eigenvalue weighted by Crippen LogP contribution is -2.47. The van der Waals surface area contributed by atoms with E-state index in [-0.39, 0.29) is 17.3 Å². The van der Waals surface area contributed by atoms with E-state index in [4.69, 9.17) is 9.47 Å². The van der Waals surface area contributed by atoms with Gasteiger partial charge >= 0.3 is 0 Å². The number of rotatable bonds is 5. The lowest BCUT2D eigenvalue weighted by Gasteiger charge is -2.36. The minimum Gasteiger partial charge on any atom is -0.347 e.